The van der Waals surface area contributed by atoms with Crippen molar-refractivity contribution in [2.75, 3.05) is 13.2 Å². The third kappa shape index (κ3) is 5.45. The Morgan fingerprint density at radius 2 is 1.80 bits per heavy atom. The lowest BCUT2D eigenvalue weighted by atomic mass is 10.1. The summed E-state index contributed by atoms with van der Waals surface area (Å²) in [5, 5.41) is 0. The lowest BCUT2D eigenvalue weighted by molar-refractivity contribution is -0.00687. The van der Waals surface area contributed by atoms with Crippen LogP contribution in [-0.2, 0) is 4.74 Å². The molecule has 1 aliphatic rings. The van der Waals surface area contributed by atoms with Crippen LogP contribution in [0.2, 0.25) is 0 Å². The van der Waals surface area contributed by atoms with Crippen molar-refractivity contribution in [3.63, 3.8) is 0 Å². The molecule has 0 unspecified atom stereocenters. The zero-order chi connectivity index (χ0) is 11.7. The summed E-state index contributed by atoms with van der Waals surface area (Å²) in [5.74, 6) is 0. The molecule has 1 aliphatic carbocycles. The lowest BCUT2D eigenvalue weighted by Crippen LogP contribution is -2.19. The molecule has 3 heteroatoms. The summed E-state index contributed by atoms with van der Waals surface area (Å²) in [6.07, 6.45) is 2.34. The first-order chi connectivity index (χ1) is 7.21. The first-order valence-electron chi connectivity index (χ1n) is 6.07. The molecular formula is C12H24F2O. The van der Waals surface area contributed by atoms with Crippen molar-refractivity contribution >= 4 is 0 Å². The van der Waals surface area contributed by atoms with Crippen LogP contribution >= 0.6 is 0 Å². The Morgan fingerprint density at radius 3 is 2.20 bits per heavy atom. The van der Waals surface area contributed by atoms with Crippen LogP contribution in [0.5, 0.6) is 0 Å². The van der Waals surface area contributed by atoms with E-state index < -0.39 is 11.8 Å². The predicted octanol–water partition coefficient (Wildman–Crippen LogP) is 4.26. The van der Waals surface area contributed by atoms with E-state index in [0.29, 0.717) is 19.4 Å². The van der Waals surface area contributed by atoms with E-state index in [2.05, 4.69) is 6.92 Å². The molecule has 0 aromatic carbocycles. The van der Waals surface area contributed by atoms with Crippen LogP contribution < -0.4 is 0 Å². The summed E-state index contributed by atoms with van der Waals surface area (Å²) >= 11 is 0. The van der Waals surface area contributed by atoms with Crippen molar-refractivity contribution in [1.29, 1.82) is 0 Å². The molecule has 92 valence electrons. The number of ether oxygens (including phenoxy) is 1. The van der Waals surface area contributed by atoms with Crippen LogP contribution in [0, 0.1) is 5.41 Å². The van der Waals surface area contributed by atoms with Crippen LogP contribution in [0.4, 0.5) is 8.78 Å². The van der Waals surface area contributed by atoms with E-state index in [4.69, 9.17) is 4.74 Å². The van der Waals surface area contributed by atoms with Crippen LogP contribution in [0.15, 0.2) is 0 Å². The summed E-state index contributed by atoms with van der Waals surface area (Å²) in [6, 6.07) is 0. The van der Waals surface area contributed by atoms with Gasteiger partial charge in [0.1, 0.15) is 0 Å². The number of unbranched alkanes of at least 4 members (excludes halogenated alkanes) is 2. The van der Waals surface area contributed by atoms with Gasteiger partial charge in [0.25, 0.3) is 0 Å². The molecule has 0 atom stereocenters. The predicted molar refractivity (Wildman–Crippen MR) is 59.4 cm³/mol. The minimum absolute atomic E-state index is 0.258. The van der Waals surface area contributed by atoms with Crippen molar-refractivity contribution in [3.8, 4) is 0 Å². The van der Waals surface area contributed by atoms with Crippen molar-refractivity contribution in [1.82, 2.24) is 0 Å². The molecule has 0 N–H and O–H groups in total. The average molecular weight is 222 g/mol. The first kappa shape index (κ1) is 14.8. The second-order valence-corrected chi connectivity index (χ2v) is 3.92. The van der Waals surface area contributed by atoms with E-state index in [-0.39, 0.29) is 6.61 Å². The molecule has 1 nitrogen and oxygen atoms in total. The second-order valence-electron chi connectivity index (χ2n) is 3.92. The first-order valence-corrected chi connectivity index (χ1v) is 6.07. The Bertz CT molecular complexity index is 145. The maximum Gasteiger partial charge on any atom is 0.246 e. The Morgan fingerprint density at radius 1 is 1.20 bits per heavy atom. The van der Waals surface area contributed by atoms with Crippen molar-refractivity contribution in [2.45, 2.75) is 59.3 Å². The van der Waals surface area contributed by atoms with Gasteiger partial charge in [-0.05, 0) is 19.3 Å². The van der Waals surface area contributed by atoms with E-state index in [1.807, 2.05) is 13.8 Å². The lowest BCUT2D eigenvalue weighted by Gasteiger charge is -2.13. The van der Waals surface area contributed by atoms with E-state index in [1.165, 1.54) is 0 Å². The minimum atomic E-state index is -2.20. The van der Waals surface area contributed by atoms with E-state index in [9.17, 15) is 8.78 Å². The number of alkyl halides is 2. The summed E-state index contributed by atoms with van der Waals surface area (Å²) in [5.41, 5.74) is -0.758. The van der Waals surface area contributed by atoms with Gasteiger partial charge in [-0.25, -0.2) is 8.78 Å². The van der Waals surface area contributed by atoms with Crippen LogP contribution in [0.1, 0.15) is 52.9 Å². The van der Waals surface area contributed by atoms with Crippen molar-refractivity contribution in [3.05, 3.63) is 0 Å². The largest absolute Gasteiger partial charge is 0.381 e. The molecular weight excluding hydrogens is 198 g/mol. The highest BCUT2D eigenvalue weighted by Crippen LogP contribution is 2.50. The Labute approximate surface area is 92.2 Å². The maximum absolute atomic E-state index is 12.4. The fourth-order valence-electron chi connectivity index (χ4n) is 1.32. The van der Waals surface area contributed by atoms with Gasteiger partial charge in [0, 0.05) is 6.61 Å². The van der Waals surface area contributed by atoms with Gasteiger partial charge in [0.05, 0.1) is 12.0 Å². The molecule has 0 aromatic heterocycles. The Hall–Kier alpha value is -0.180. The Kier molecular flexibility index (Phi) is 7.93. The summed E-state index contributed by atoms with van der Waals surface area (Å²) in [7, 11) is 0. The minimum Gasteiger partial charge on any atom is -0.381 e. The van der Waals surface area contributed by atoms with E-state index in [1.54, 1.807) is 0 Å². The van der Waals surface area contributed by atoms with Gasteiger partial charge in [-0.3, -0.25) is 0 Å². The summed E-state index contributed by atoms with van der Waals surface area (Å²) < 4.78 is 30.0. The van der Waals surface area contributed by atoms with Gasteiger partial charge < -0.3 is 4.74 Å². The third-order valence-electron chi connectivity index (χ3n) is 2.64. The average Bonchev–Trinajstić information content (AvgIpc) is 3.02. The molecule has 0 radical (unpaired) electrons. The monoisotopic (exact) mass is 222 g/mol. The van der Waals surface area contributed by atoms with Crippen molar-refractivity contribution < 1.29 is 13.5 Å². The van der Waals surface area contributed by atoms with Crippen LogP contribution in [0.3, 0.4) is 0 Å². The number of hydrogen-bond acceptors (Lipinski definition) is 1. The van der Waals surface area contributed by atoms with E-state index in [0.717, 1.165) is 19.3 Å². The van der Waals surface area contributed by atoms with Gasteiger partial charge in [-0.15, -0.1) is 0 Å². The fourth-order valence-corrected chi connectivity index (χ4v) is 1.32. The number of rotatable bonds is 7. The fraction of sp³-hybridized carbons (Fsp3) is 1.00. The zero-order valence-electron chi connectivity index (χ0n) is 10.2. The molecule has 1 fully saturated rings. The van der Waals surface area contributed by atoms with Crippen LogP contribution in [0.25, 0.3) is 0 Å². The zero-order valence-corrected chi connectivity index (χ0v) is 10.2. The van der Waals surface area contributed by atoms with Gasteiger partial charge >= 0.3 is 0 Å². The molecule has 1 rings (SSSR count). The standard InChI is InChI=1S/C10H18F2O.C2H6/c1-2-3-4-7-13-8-10(5-6-10)9(11)12;1-2/h9H,2-8H2,1H3;1-2H3. The topological polar surface area (TPSA) is 9.23 Å². The highest BCUT2D eigenvalue weighted by Gasteiger charge is 2.51. The summed E-state index contributed by atoms with van der Waals surface area (Å²) in [6.45, 7) is 7.01. The molecule has 0 bridgehead atoms. The highest BCUT2D eigenvalue weighted by molar-refractivity contribution is 4.95. The molecule has 0 spiro atoms. The quantitative estimate of drug-likeness (QED) is 0.585. The maximum atomic E-state index is 12.4. The smallest absolute Gasteiger partial charge is 0.246 e. The molecule has 1 saturated carbocycles. The van der Waals surface area contributed by atoms with Crippen molar-refractivity contribution in [2.24, 2.45) is 5.41 Å². The number of halogens is 2. The van der Waals surface area contributed by atoms with Gasteiger partial charge in [0.15, 0.2) is 0 Å². The summed E-state index contributed by atoms with van der Waals surface area (Å²) in [4.78, 5) is 0. The number of hydrogen-bond donors (Lipinski definition) is 0. The van der Waals surface area contributed by atoms with Gasteiger partial charge in [-0.2, -0.15) is 0 Å². The molecule has 0 aromatic rings. The van der Waals surface area contributed by atoms with Gasteiger partial charge in [0.2, 0.25) is 6.43 Å². The molecule has 15 heavy (non-hydrogen) atoms. The second kappa shape index (κ2) is 8.03. The molecule has 0 heterocycles. The van der Waals surface area contributed by atoms with Crippen LogP contribution in [-0.4, -0.2) is 19.6 Å². The molecule has 0 saturated heterocycles. The third-order valence-corrected chi connectivity index (χ3v) is 2.64. The normalized spacial score (nSPS) is 17.2. The highest BCUT2D eigenvalue weighted by atomic mass is 19.3. The SMILES string of the molecule is CC.CCCCCOCC1(C(F)F)CC1. The molecule has 0 aliphatic heterocycles. The van der Waals surface area contributed by atoms with Gasteiger partial charge in [-0.1, -0.05) is 33.6 Å². The molecule has 0 amide bonds. The Balaban J connectivity index is 0.000000921. The van der Waals surface area contributed by atoms with E-state index >= 15 is 0 Å².